The maximum absolute atomic E-state index is 14.2. The van der Waals surface area contributed by atoms with Gasteiger partial charge in [0, 0.05) is 11.8 Å². The lowest BCUT2D eigenvalue weighted by Crippen LogP contribution is -2.56. The molecule has 0 saturated carbocycles. The summed E-state index contributed by atoms with van der Waals surface area (Å²) in [5.41, 5.74) is -0.346. The van der Waals surface area contributed by atoms with Gasteiger partial charge in [-0.05, 0) is 70.1 Å². The Hall–Kier alpha value is -4.86. The van der Waals surface area contributed by atoms with Crippen LogP contribution in [-0.4, -0.2) is 73.9 Å². The molecule has 1 aromatic heterocycles. The van der Waals surface area contributed by atoms with E-state index in [2.05, 4.69) is 41.5 Å². The van der Waals surface area contributed by atoms with Gasteiger partial charge in [0.05, 0.1) is 47.3 Å². The predicted molar refractivity (Wildman–Crippen MR) is 243 cm³/mol. The standard InChI is InChI=1S/C49H64N2O10Si/c1-35(2)62(36(3)4,37(5)6)60-33-48(31-53,61-45(29-52)50-28-38(7)46(54)51(47(50)55)34-58-30-39-16-12-10-13-17-39)32-59-49(40-18-14-11-15-19-40,41-20-24-43(56-8)25-21-41)42-22-26-44(57-9)27-23-42/h10-28,35-37,45,52-53H,29-34H2,1-9H3/t45-,48+/m1/s1. The molecule has 0 radical (unpaired) electrons. The molecule has 1 heterocycles. The van der Waals surface area contributed by atoms with E-state index in [1.54, 1.807) is 21.1 Å². The number of aliphatic hydroxyl groups excluding tert-OH is 2. The molecule has 5 aromatic rings. The van der Waals surface area contributed by atoms with Crippen molar-refractivity contribution < 1.29 is 38.3 Å². The van der Waals surface area contributed by atoms with E-state index < -0.39 is 50.2 Å². The van der Waals surface area contributed by atoms with Crippen LogP contribution in [0.1, 0.15) is 75.6 Å². The molecule has 0 fully saturated rings. The van der Waals surface area contributed by atoms with Gasteiger partial charge in [0.25, 0.3) is 5.56 Å². The van der Waals surface area contributed by atoms with Gasteiger partial charge in [-0.15, -0.1) is 0 Å². The van der Waals surface area contributed by atoms with E-state index in [1.807, 2.05) is 109 Å². The van der Waals surface area contributed by atoms with E-state index in [0.717, 1.165) is 26.8 Å². The van der Waals surface area contributed by atoms with Gasteiger partial charge < -0.3 is 38.3 Å². The lowest BCUT2D eigenvalue weighted by molar-refractivity contribution is -0.212. The molecule has 0 aliphatic heterocycles. The number of ether oxygens (including phenoxy) is 5. The predicted octanol–water partition coefficient (Wildman–Crippen LogP) is 7.95. The Morgan fingerprint density at radius 2 is 1.18 bits per heavy atom. The fourth-order valence-corrected chi connectivity index (χ4v) is 14.2. The third-order valence-electron chi connectivity index (χ3n) is 11.9. The number of benzene rings is 4. The number of aromatic nitrogens is 2. The smallest absolute Gasteiger partial charge is 0.335 e. The van der Waals surface area contributed by atoms with Crippen molar-refractivity contribution >= 4 is 8.32 Å². The van der Waals surface area contributed by atoms with Gasteiger partial charge in [-0.3, -0.25) is 9.36 Å². The van der Waals surface area contributed by atoms with Crippen molar-refractivity contribution in [3.63, 3.8) is 0 Å². The topological polar surface area (TPSA) is 140 Å². The van der Waals surface area contributed by atoms with Crippen LogP contribution >= 0.6 is 0 Å². The fraction of sp³-hybridized carbons (Fsp3) is 0.429. The zero-order chi connectivity index (χ0) is 45.1. The van der Waals surface area contributed by atoms with Gasteiger partial charge >= 0.3 is 5.69 Å². The molecular weight excluding hydrogens is 805 g/mol. The normalized spacial score (nSPS) is 13.7. The van der Waals surface area contributed by atoms with E-state index in [0.29, 0.717) is 11.5 Å². The number of aryl methyl sites for hydroxylation is 1. The van der Waals surface area contributed by atoms with E-state index in [9.17, 15) is 19.8 Å². The fourth-order valence-electron chi connectivity index (χ4n) is 8.69. The SMILES string of the molecule is COc1ccc(C(OC[C@@](CO)(CO[Si](C(C)C)(C(C)C)C(C)C)O[C@H](CO)n2cc(C)c(=O)n(COCc3ccccc3)c2=O)(c2ccccc2)c2ccc(OC)cc2)cc1. The van der Waals surface area contributed by atoms with Gasteiger partial charge in [0.2, 0.25) is 0 Å². The number of methoxy groups -OCH3 is 2. The molecule has 4 aromatic carbocycles. The summed E-state index contributed by atoms with van der Waals surface area (Å²) in [7, 11) is 0.584. The highest BCUT2D eigenvalue weighted by molar-refractivity contribution is 6.77. The van der Waals surface area contributed by atoms with E-state index in [1.165, 1.54) is 10.8 Å². The zero-order valence-electron chi connectivity index (χ0n) is 37.6. The minimum atomic E-state index is -2.63. The third-order valence-corrected chi connectivity index (χ3v) is 17.9. The third kappa shape index (κ3) is 10.3. The Kier molecular flexibility index (Phi) is 16.7. The molecule has 0 unspecified atom stereocenters. The molecule has 13 heteroatoms. The van der Waals surface area contributed by atoms with Crippen LogP contribution in [0.3, 0.4) is 0 Å². The zero-order valence-corrected chi connectivity index (χ0v) is 38.6. The second kappa shape index (κ2) is 21.5. The first-order valence-electron chi connectivity index (χ1n) is 21.2. The number of hydrogen-bond acceptors (Lipinski definition) is 10. The van der Waals surface area contributed by atoms with Crippen LogP contribution in [0.15, 0.2) is 125 Å². The molecule has 0 aliphatic carbocycles. The molecular formula is C49H64N2O10Si. The van der Waals surface area contributed by atoms with Crippen LogP contribution < -0.4 is 20.7 Å². The van der Waals surface area contributed by atoms with Crippen molar-refractivity contribution in [3.05, 3.63) is 164 Å². The Morgan fingerprint density at radius 3 is 1.65 bits per heavy atom. The van der Waals surface area contributed by atoms with Crippen LogP contribution in [0.4, 0.5) is 0 Å². The lowest BCUT2D eigenvalue weighted by atomic mass is 9.79. The average Bonchev–Trinajstić information content (AvgIpc) is 3.28. The monoisotopic (exact) mass is 868 g/mol. The van der Waals surface area contributed by atoms with Crippen LogP contribution in [0, 0.1) is 6.92 Å². The Bertz CT molecular complexity index is 2190. The summed E-state index contributed by atoms with van der Waals surface area (Å²) >= 11 is 0. The van der Waals surface area contributed by atoms with Gasteiger partial charge in [-0.25, -0.2) is 9.36 Å². The molecule has 0 amide bonds. The maximum atomic E-state index is 14.2. The van der Waals surface area contributed by atoms with Crippen molar-refractivity contribution in [3.8, 4) is 11.5 Å². The van der Waals surface area contributed by atoms with Crippen molar-refractivity contribution in [2.45, 2.75) is 95.9 Å². The highest BCUT2D eigenvalue weighted by Gasteiger charge is 2.49. The first kappa shape index (κ1) is 48.2. The number of rotatable bonds is 23. The van der Waals surface area contributed by atoms with Gasteiger partial charge in [-0.1, -0.05) is 126 Å². The molecule has 12 nitrogen and oxygen atoms in total. The Morgan fingerprint density at radius 1 is 0.677 bits per heavy atom. The van der Waals surface area contributed by atoms with Crippen LogP contribution in [0.5, 0.6) is 11.5 Å². The highest BCUT2D eigenvalue weighted by atomic mass is 28.4. The van der Waals surface area contributed by atoms with E-state index in [-0.39, 0.29) is 48.7 Å². The second-order valence-electron chi connectivity index (χ2n) is 16.7. The molecule has 0 saturated heterocycles. The number of hydrogen-bond donors (Lipinski definition) is 2. The molecule has 0 spiro atoms. The summed E-state index contributed by atoms with van der Waals surface area (Å²) in [6.45, 7) is 12.7. The molecule has 2 N–H and O–H groups in total. The molecule has 334 valence electrons. The largest absolute Gasteiger partial charge is 0.497 e. The van der Waals surface area contributed by atoms with E-state index in [4.69, 9.17) is 28.1 Å². The molecule has 0 aliphatic rings. The van der Waals surface area contributed by atoms with Crippen molar-refractivity contribution in [2.24, 2.45) is 0 Å². The second-order valence-corrected chi connectivity index (χ2v) is 22.2. The lowest BCUT2D eigenvalue weighted by Gasteiger charge is -2.46. The average molecular weight is 869 g/mol. The molecule has 0 bridgehead atoms. The van der Waals surface area contributed by atoms with Crippen LogP contribution in [0.2, 0.25) is 16.6 Å². The Labute approximate surface area is 366 Å². The Balaban J connectivity index is 1.67. The molecule has 5 rings (SSSR count). The first-order chi connectivity index (χ1) is 29.7. The van der Waals surface area contributed by atoms with Crippen LogP contribution in [-0.2, 0) is 37.6 Å². The summed E-state index contributed by atoms with van der Waals surface area (Å²) in [6.07, 6.45) is -0.0237. The summed E-state index contributed by atoms with van der Waals surface area (Å²) < 4.78 is 40.5. The summed E-state index contributed by atoms with van der Waals surface area (Å²) in [5, 5.41) is 22.8. The van der Waals surface area contributed by atoms with Crippen molar-refractivity contribution in [1.82, 2.24) is 9.13 Å². The van der Waals surface area contributed by atoms with Crippen LogP contribution in [0.25, 0.3) is 0 Å². The summed E-state index contributed by atoms with van der Waals surface area (Å²) in [5.74, 6) is 1.31. The molecule has 62 heavy (non-hydrogen) atoms. The minimum absolute atomic E-state index is 0.135. The van der Waals surface area contributed by atoms with Gasteiger partial charge in [-0.2, -0.15) is 0 Å². The van der Waals surface area contributed by atoms with Gasteiger partial charge in [0.1, 0.15) is 29.4 Å². The number of aliphatic hydroxyl groups is 2. The van der Waals surface area contributed by atoms with E-state index >= 15 is 0 Å². The minimum Gasteiger partial charge on any atom is -0.497 e. The first-order valence-corrected chi connectivity index (χ1v) is 23.3. The molecule has 2 atom stereocenters. The van der Waals surface area contributed by atoms with Crippen molar-refractivity contribution in [2.75, 3.05) is 40.6 Å². The quantitative estimate of drug-likeness (QED) is 0.0491. The highest BCUT2D eigenvalue weighted by Crippen LogP contribution is 2.45. The van der Waals surface area contributed by atoms with Gasteiger partial charge in [0.15, 0.2) is 14.5 Å². The number of nitrogens with zero attached hydrogens (tertiary/aromatic N) is 2. The maximum Gasteiger partial charge on any atom is 0.335 e. The van der Waals surface area contributed by atoms with Crippen molar-refractivity contribution in [1.29, 1.82) is 0 Å². The summed E-state index contributed by atoms with van der Waals surface area (Å²) in [4.78, 5) is 27.7. The summed E-state index contributed by atoms with van der Waals surface area (Å²) in [6, 6.07) is 34.3.